The number of phenols is 2. The maximum atomic E-state index is 10.0. The number of rotatable bonds is 7. The van der Waals surface area contributed by atoms with Crippen molar-refractivity contribution < 1.29 is 14.9 Å². The lowest BCUT2D eigenvalue weighted by Crippen LogP contribution is -1.92. The Kier molecular flexibility index (Phi) is 7.03. The molecule has 0 saturated carbocycles. The number of aromatic hydroxyl groups is 2. The van der Waals surface area contributed by atoms with Gasteiger partial charge in [-0.25, -0.2) is 0 Å². The predicted octanol–water partition coefficient (Wildman–Crippen LogP) is 4.48. The van der Waals surface area contributed by atoms with Crippen molar-refractivity contribution in [3.8, 4) is 11.5 Å². The SMILES string of the molecule is COCc1cc(O)c(C/C=C(\C)CCC=C(C)C)c(O)c1. The van der Waals surface area contributed by atoms with Crippen molar-refractivity contribution in [2.75, 3.05) is 7.11 Å². The molecule has 0 fully saturated rings. The van der Waals surface area contributed by atoms with Crippen molar-refractivity contribution in [1.82, 2.24) is 0 Å². The van der Waals surface area contributed by atoms with Gasteiger partial charge in [-0.05, 0) is 57.7 Å². The van der Waals surface area contributed by atoms with Crippen LogP contribution in [0.2, 0.25) is 0 Å². The first-order valence-corrected chi connectivity index (χ1v) is 7.25. The van der Waals surface area contributed by atoms with Crippen LogP contribution in [-0.4, -0.2) is 17.3 Å². The summed E-state index contributed by atoms with van der Waals surface area (Å²) in [6.07, 6.45) is 6.82. The van der Waals surface area contributed by atoms with Crippen LogP contribution in [0.1, 0.15) is 44.7 Å². The molecule has 0 aromatic heterocycles. The van der Waals surface area contributed by atoms with Crippen molar-refractivity contribution in [1.29, 1.82) is 0 Å². The minimum Gasteiger partial charge on any atom is -0.508 e. The molecule has 3 nitrogen and oxygen atoms in total. The summed E-state index contributed by atoms with van der Waals surface area (Å²) < 4.78 is 5.00. The van der Waals surface area contributed by atoms with E-state index in [4.69, 9.17) is 4.74 Å². The van der Waals surface area contributed by atoms with Gasteiger partial charge in [-0.3, -0.25) is 0 Å². The first kappa shape index (κ1) is 17.3. The number of benzene rings is 1. The fourth-order valence-corrected chi connectivity index (χ4v) is 2.12. The zero-order chi connectivity index (χ0) is 15.8. The van der Waals surface area contributed by atoms with Crippen LogP contribution in [-0.2, 0) is 17.8 Å². The highest BCUT2D eigenvalue weighted by molar-refractivity contribution is 5.47. The van der Waals surface area contributed by atoms with Crippen molar-refractivity contribution in [2.24, 2.45) is 0 Å². The van der Waals surface area contributed by atoms with Gasteiger partial charge in [-0.2, -0.15) is 0 Å². The minimum absolute atomic E-state index is 0.121. The Morgan fingerprint density at radius 3 is 2.24 bits per heavy atom. The lowest BCUT2D eigenvalue weighted by atomic mass is 10.0. The molecule has 1 aromatic rings. The Morgan fingerprint density at radius 2 is 1.71 bits per heavy atom. The van der Waals surface area contributed by atoms with E-state index >= 15 is 0 Å². The van der Waals surface area contributed by atoms with Crippen molar-refractivity contribution in [2.45, 2.75) is 46.6 Å². The summed E-state index contributed by atoms with van der Waals surface area (Å²) in [5, 5.41) is 20.0. The molecule has 0 bridgehead atoms. The average Bonchev–Trinajstić information content (AvgIpc) is 2.37. The first-order valence-electron chi connectivity index (χ1n) is 7.25. The fraction of sp³-hybridized carbons (Fsp3) is 0.444. The van der Waals surface area contributed by atoms with Crippen molar-refractivity contribution in [3.63, 3.8) is 0 Å². The van der Waals surface area contributed by atoms with Gasteiger partial charge in [0.15, 0.2) is 0 Å². The second kappa shape index (κ2) is 8.53. The highest BCUT2D eigenvalue weighted by Crippen LogP contribution is 2.30. The number of methoxy groups -OCH3 is 1. The molecule has 0 atom stereocenters. The van der Waals surface area contributed by atoms with Gasteiger partial charge < -0.3 is 14.9 Å². The van der Waals surface area contributed by atoms with E-state index in [1.54, 1.807) is 19.2 Å². The van der Waals surface area contributed by atoms with Gasteiger partial charge in [0.05, 0.1) is 6.61 Å². The molecule has 0 saturated heterocycles. The number of phenolic OH excluding ortho intramolecular Hbond substituents is 2. The molecule has 1 aromatic carbocycles. The lowest BCUT2D eigenvalue weighted by molar-refractivity contribution is 0.184. The monoisotopic (exact) mass is 290 g/mol. The van der Waals surface area contributed by atoms with Crippen LogP contribution in [0.4, 0.5) is 0 Å². The van der Waals surface area contributed by atoms with E-state index in [9.17, 15) is 10.2 Å². The molecule has 0 spiro atoms. The van der Waals surface area contributed by atoms with Crippen LogP contribution in [0, 0.1) is 0 Å². The van der Waals surface area contributed by atoms with E-state index in [0.29, 0.717) is 18.6 Å². The highest BCUT2D eigenvalue weighted by Gasteiger charge is 2.08. The van der Waals surface area contributed by atoms with Gasteiger partial charge >= 0.3 is 0 Å². The second-order valence-electron chi connectivity index (χ2n) is 5.62. The normalized spacial score (nSPS) is 11.5. The van der Waals surface area contributed by atoms with Gasteiger partial charge in [0, 0.05) is 12.7 Å². The molecule has 0 heterocycles. The Morgan fingerprint density at radius 1 is 1.10 bits per heavy atom. The van der Waals surface area contributed by atoms with Crippen LogP contribution in [0.15, 0.2) is 35.4 Å². The molecule has 3 heteroatoms. The molecular weight excluding hydrogens is 264 g/mol. The van der Waals surface area contributed by atoms with E-state index in [2.05, 4.69) is 32.9 Å². The topological polar surface area (TPSA) is 49.7 Å². The summed E-state index contributed by atoms with van der Waals surface area (Å²) >= 11 is 0. The number of hydrogen-bond acceptors (Lipinski definition) is 3. The van der Waals surface area contributed by atoms with Crippen LogP contribution in [0.25, 0.3) is 0 Å². The van der Waals surface area contributed by atoms with Gasteiger partial charge in [0.2, 0.25) is 0 Å². The first-order chi connectivity index (χ1) is 9.93. The van der Waals surface area contributed by atoms with E-state index in [-0.39, 0.29) is 11.5 Å². The van der Waals surface area contributed by atoms with Crippen molar-refractivity contribution in [3.05, 3.63) is 46.6 Å². The third kappa shape index (κ3) is 6.05. The zero-order valence-corrected chi connectivity index (χ0v) is 13.4. The standard InChI is InChI=1S/C18H26O3/c1-13(2)6-5-7-14(3)8-9-16-17(19)10-15(12-21-4)11-18(16)20/h6,8,10-11,19-20H,5,7,9,12H2,1-4H3/b14-8+. The highest BCUT2D eigenvalue weighted by atomic mass is 16.5. The number of ether oxygens (including phenoxy) is 1. The maximum absolute atomic E-state index is 10.0. The summed E-state index contributed by atoms with van der Waals surface area (Å²) in [6, 6.07) is 3.29. The quantitative estimate of drug-likeness (QED) is 0.728. The predicted molar refractivity (Wildman–Crippen MR) is 86.6 cm³/mol. The van der Waals surface area contributed by atoms with Gasteiger partial charge in [-0.15, -0.1) is 0 Å². The molecule has 0 amide bonds. The Balaban J connectivity index is 2.72. The van der Waals surface area contributed by atoms with Crippen LogP contribution in [0.5, 0.6) is 11.5 Å². The lowest BCUT2D eigenvalue weighted by Gasteiger charge is -2.09. The third-order valence-corrected chi connectivity index (χ3v) is 3.32. The summed E-state index contributed by atoms with van der Waals surface area (Å²) in [4.78, 5) is 0. The van der Waals surface area contributed by atoms with Crippen LogP contribution < -0.4 is 0 Å². The summed E-state index contributed by atoms with van der Waals surface area (Å²) in [5.74, 6) is 0.241. The fourth-order valence-electron chi connectivity index (χ4n) is 2.12. The average molecular weight is 290 g/mol. The van der Waals surface area contributed by atoms with Gasteiger partial charge in [0.25, 0.3) is 0 Å². The molecule has 0 aliphatic heterocycles. The van der Waals surface area contributed by atoms with Gasteiger partial charge in [-0.1, -0.05) is 23.3 Å². The molecule has 0 aliphatic carbocycles. The molecule has 0 unspecified atom stereocenters. The molecule has 21 heavy (non-hydrogen) atoms. The number of hydrogen-bond donors (Lipinski definition) is 2. The molecule has 0 aliphatic rings. The Hall–Kier alpha value is -1.74. The minimum atomic E-state index is 0.121. The van der Waals surface area contributed by atoms with E-state index in [1.807, 2.05) is 0 Å². The summed E-state index contributed by atoms with van der Waals surface area (Å²) in [5.41, 5.74) is 3.91. The Labute approximate surface area is 127 Å². The largest absolute Gasteiger partial charge is 0.508 e. The van der Waals surface area contributed by atoms with Gasteiger partial charge in [0.1, 0.15) is 11.5 Å². The zero-order valence-electron chi connectivity index (χ0n) is 13.4. The third-order valence-electron chi connectivity index (χ3n) is 3.32. The molecule has 2 N–H and O–H groups in total. The molecular formula is C18H26O3. The van der Waals surface area contributed by atoms with E-state index in [0.717, 1.165) is 18.4 Å². The van der Waals surface area contributed by atoms with Crippen molar-refractivity contribution >= 4 is 0 Å². The molecule has 0 radical (unpaired) electrons. The van der Waals surface area contributed by atoms with Crippen LogP contribution in [0.3, 0.4) is 0 Å². The molecule has 1 rings (SSSR count). The second-order valence-corrected chi connectivity index (χ2v) is 5.62. The summed E-state index contributed by atoms with van der Waals surface area (Å²) in [7, 11) is 1.58. The number of allylic oxidation sites excluding steroid dienone is 4. The van der Waals surface area contributed by atoms with Crippen LogP contribution >= 0.6 is 0 Å². The Bertz CT molecular complexity index is 500. The molecule has 116 valence electrons. The summed E-state index contributed by atoms with van der Waals surface area (Å²) in [6.45, 7) is 6.64. The van der Waals surface area contributed by atoms with E-state index in [1.165, 1.54) is 11.1 Å². The van der Waals surface area contributed by atoms with E-state index < -0.39 is 0 Å². The smallest absolute Gasteiger partial charge is 0.123 e. The maximum Gasteiger partial charge on any atom is 0.123 e.